The number of fused-ring (bicyclic) bond motifs is 1. The van der Waals surface area contributed by atoms with E-state index in [1.807, 2.05) is 13.3 Å². The van der Waals surface area contributed by atoms with Crippen LogP contribution < -0.4 is 11.1 Å². The third kappa shape index (κ3) is 2.15. The molecule has 0 unspecified atom stereocenters. The monoisotopic (exact) mass is 272 g/mol. The molecule has 4 N–H and O–H groups in total. The maximum atomic E-state index is 5.66. The Morgan fingerprint density at radius 1 is 1.30 bits per heavy atom. The SMILES string of the molecule is Cc1ncn(CCNc2nc(N)nc3nc[nH]c23)c1C. The van der Waals surface area contributed by atoms with Crippen molar-refractivity contribution in [3.05, 3.63) is 24.0 Å². The molecule has 0 aliphatic carbocycles. The average molecular weight is 272 g/mol. The molecular weight excluding hydrogens is 256 g/mol. The Morgan fingerprint density at radius 3 is 2.90 bits per heavy atom. The summed E-state index contributed by atoms with van der Waals surface area (Å²) in [5.74, 6) is 0.876. The molecule has 3 aromatic heterocycles. The summed E-state index contributed by atoms with van der Waals surface area (Å²) in [6, 6.07) is 0. The van der Waals surface area contributed by atoms with E-state index < -0.39 is 0 Å². The van der Waals surface area contributed by atoms with Crippen LogP contribution in [0.3, 0.4) is 0 Å². The van der Waals surface area contributed by atoms with Crippen molar-refractivity contribution in [3.63, 3.8) is 0 Å². The fourth-order valence-corrected chi connectivity index (χ4v) is 2.04. The summed E-state index contributed by atoms with van der Waals surface area (Å²) in [6.07, 6.45) is 3.42. The van der Waals surface area contributed by atoms with E-state index in [0.29, 0.717) is 18.0 Å². The molecule has 0 spiro atoms. The lowest BCUT2D eigenvalue weighted by atomic mass is 10.4. The van der Waals surface area contributed by atoms with Crippen LogP contribution in [0.5, 0.6) is 0 Å². The molecule has 104 valence electrons. The Kier molecular flexibility index (Phi) is 2.97. The van der Waals surface area contributed by atoms with Gasteiger partial charge < -0.3 is 20.6 Å². The minimum Gasteiger partial charge on any atom is -0.368 e. The van der Waals surface area contributed by atoms with Gasteiger partial charge in [-0.3, -0.25) is 0 Å². The second-order valence-corrected chi connectivity index (χ2v) is 4.57. The van der Waals surface area contributed by atoms with Gasteiger partial charge in [-0.2, -0.15) is 9.97 Å². The first-order valence-corrected chi connectivity index (χ1v) is 6.34. The van der Waals surface area contributed by atoms with Gasteiger partial charge in [0.1, 0.15) is 5.52 Å². The van der Waals surface area contributed by atoms with Crippen LogP contribution in [-0.4, -0.2) is 36.0 Å². The van der Waals surface area contributed by atoms with Gasteiger partial charge in [-0.15, -0.1) is 0 Å². The topological polar surface area (TPSA) is 110 Å². The van der Waals surface area contributed by atoms with E-state index in [9.17, 15) is 0 Å². The molecule has 8 nitrogen and oxygen atoms in total. The number of nitrogen functional groups attached to an aromatic ring is 1. The largest absolute Gasteiger partial charge is 0.368 e. The van der Waals surface area contributed by atoms with Gasteiger partial charge in [0.2, 0.25) is 5.95 Å². The number of H-pyrrole nitrogens is 1. The van der Waals surface area contributed by atoms with Crippen LogP contribution in [0.2, 0.25) is 0 Å². The molecule has 0 atom stereocenters. The zero-order chi connectivity index (χ0) is 14.1. The lowest BCUT2D eigenvalue weighted by Gasteiger charge is -2.08. The van der Waals surface area contributed by atoms with Crippen LogP contribution in [0.4, 0.5) is 11.8 Å². The van der Waals surface area contributed by atoms with E-state index >= 15 is 0 Å². The zero-order valence-corrected chi connectivity index (χ0v) is 11.4. The van der Waals surface area contributed by atoms with E-state index in [0.717, 1.165) is 17.8 Å². The van der Waals surface area contributed by atoms with Crippen molar-refractivity contribution in [3.8, 4) is 0 Å². The summed E-state index contributed by atoms with van der Waals surface area (Å²) in [4.78, 5) is 19.6. The molecule has 0 amide bonds. The smallest absolute Gasteiger partial charge is 0.224 e. The Bertz CT molecular complexity index is 741. The summed E-state index contributed by atoms with van der Waals surface area (Å²) < 4.78 is 2.09. The molecule has 0 bridgehead atoms. The minimum absolute atomic E-state index is 0.210. The summed E-state index contributed by atoms with van der Waals surface area (Å²) in [6.45, 7) is 5.56. The van der Waals surface area contributed by atoms with E-state index in [1.54, 1.807) is 6.33 Å². The molecule has 3 rings (SSSR count). The number of anilines is 2. The van der Waals surface area contributed by atoms with Crippen LogP contribution >= 0.6 is 0 Å². The van der Waals surface area contributed by atoms with Gasteiger partial charge in [0, 0.05) is 18.8 Å². The van der Waals surface area contributed by atoms with Crippen LogP contribution in [0.25, 0.3) is 11.2 Å². The highest BCUT2D eigenvalue weighted by atomic mass is 15.1. The van der Waals surface area contributed by atoms with E-state index in [4.69, 9.17) is 5.73 Å². The van der Waals surface area contributed by atoms with Crippen molar-refractivity contribution < 1.29 is 0 Å². The van der Waals surface area contributed by atoms with Crippen molar-refractivity contribution in [1.82, 2.24) is 29.5 Å². The number of nitrogens with one attached hydrogen (secondary N) is 2. The number of imidazole rings is 2. The quantitative estimate of drug-likeness (QED) is 0.649. The number of hydrogen-bond acceptors (Lipinski definition) is 6. The van der Waals surface area contributed by atoms with Crippen molar-refractivity contribution in [2.75, 3.05) is 17.6 Å². The number of aryl methyl sites for hydroxylation is 1. The Hall–Kier alpha value is -2.64. The van der Waals surface area contributed by atoms with E-state index in [1.165, 1.54) is 5.69 Å². The second kappa shape index (κ2) is 4.80. The zero-order valence-electron chi connectivity index (χ0n) is 11.4. The fraction of sp³-hybridized carbons (Fsp3) is 0.333. The lowest BCUT2D eigenvalue weighted by molar-refractivity contribution is 0.704. The first kappa shape index (κ1) is 12.4. The molecule has 0 saturated heterocycles. The van der Waals surface area contributed by atoms with Crippen molar-refractivity contribution in [1.29, 1.82) is 0 Å². The summed E-state index contributed by atoms with van der Waals surface area (Å²) in [7, 11) is 0. The normalized spacial score (nSPS) is 11.1. The lowest BCUT2D eigenvalue weighted by Crippen LogP contribution is -2.13. The highest BCUT2D eigenvalue weighted by Gasteiger charge is 2.08. The Labute approximate surface area is 115 Å². The Morgan fingerprint density at radius 2 is 2.15 bits per heavy atom. The van der Waals surface area contributed by atoms with Gasteiger partial charge in [0.05, 0.1) is 18.3 Å². The fourth-order valence-electron chi connectivity index (χ4n) is 2.04. The second-order valence-electron chi connectivity index (χ2n) is 4.57. The van der Waals surface area contributed by atoms with Crippen LogP contribution in [-0.2, 0) is 6.54 Å². The molecule has 8 heteroatoms. The van der Waals surface area contributed by atoms with Gasteiger partial charge >= 0.3 is 0 Å². The van der Waals surface area contributed by atoms with Gasteiger partial charge in [0.15, 0.2) is 11.5 Å². The molecule has 3 heterocycles. The predicted molar refractivity (Wildman–Crippen MR) is 76.3 cm³/mol. The first-order valence-electron chi connectivity index (χ1n) is 6.34. The van der Waals surface area contributed by atoms with Gasteiger partial charge in [-0.05, 0) is 13.8 Å². The van der Waals surface area contributed by atoms with Crippen molar-refractivity contribution >= 4 is 22.9 Å². The Balaban J connectivity index is 1.74. The number of nitrogens with two attached hydrogens (primary N) is 1. The highest BCUT2D eigenvalue weighted by Crippen LogP contribution is 2.17. The van der Waals surface area contributed by atoms with Crippen LogP contribution in [0, 0.1) is 13.8 Å². The molecular formula is C12H16N8. The average Bonchev–Trinajstić information content (AvgIpc) is 3.00. The third-order valence-corrected chi connectivity index (χ3v) is 3.29. The molecule has 0 saturated carbocycles. The molecule has 0 aliphatic heterocycles. The molecule has 3 aromatic rings. The van der Waals surface area contributed by atoms with Crippen molar-refractivity contribution in [2.24, 2.45) is 0 Å². The highest BCUT2D eigenvalue weighted by molar-refractivity contribution is 5.83. The van der Waals surface area contributed by atoms with Crippen LogP contribution in [0.15, 0.2) is 12.7 Å². The minimum atomic E-state index is 0.210. The maximum absolute atomic E-state index is 5.66. The van der Waals surface area contributed by atoms with E-state index in [-0.39, 0.29) is 5.95 Å². The molecule has 0 radical (unpaired) electrons. The number of rotatable bonds is 4. The summed E-state index contributed by atoms with van der Waals surface area (Å²) >= 11 is 0. The molecule has 0 aromatic carbocycles. The van der Waals surface area contributed by atoms with Gasteiger partial charge in [-0.1, -0.05) is 0 Å². The number of aromatic nitrogens is 6. The van der Waals surface area contributed by atoms with Gasteiger partial charge in [0.25, 0.3) is 0 Å². The maximum Gasteiger partial charge on any atom is 0.224 e. The van der Waals surface area contributed by atoms with Crippen molar-refractivity contribution in [2.45, 2.75) is 20.4 Å². The number of hydrogen-bond donors (Lipinski definition) is 3. The number of nitrogens with zero attached hydrogens (tertiary/aromatic N) is 5. The molecule has 0 fully saturated rings. The summed E-state index contributed by atoms with van der Waals surface area (Å²) in [5.41, 5.74) is 9.20. The summed E-state index contributed by atoms with van der Waals surface area (Å²) in [5, 5.41) is 3.25. The van der Waals surface area contributed by atoms with Gasteiger partial charge in [-0.25, -0.2) is 9.97 Å². The number of aromatic amines is 1. The van der Waals surface area contributed by atoms with Crippen LogP contribution in [0.1, 0.15) is 11.4 Å². The predicted octanol–water partition coefficient (Wildman–Crippen LogP) is 0.861. The first-order chi connectivity index (χ1) is 9.65. The molecule has 0 aliphatic rings. The molecule has 20 heavy (non-hydrogen) atoms. The van der Waals surface area contributed by atoms with E-state index in [2.05, 4.69) is 41.7 Å². The standard InChI is InChI=1S/C12H16N8/c1-7-8(2)20(6-17-7)4-3-14-10-9-11(16-5-15-9)19-12(13)18-10/h5-6H,3-4H2,1-2H3,(H4,13,14,15,16,18,19). The third-order valence-electron chi connectivity index (χ3n) is 3.29.